The van der Waals surface area contributed by atoms with Gasteiger partial charge in [0.25, 0.3) is 0 Å². The molecule has 0 saturated heterocycles. The highest BCUT2D eigenvalue weighted by atomic mass is 13.8. The van der Waals surface area contributed by atoms with Gasteiger partial charge in [-0.25, -0.2) is 0 Å². The van der Waals surface area contributed by atoms with E-state index in [-0.39, 0.29) is 0 Å². The van der Waals surface area contributed by atoms with E-state index in [0.717, 1.165) is 0 Å². The normalized spacial score (nSPS) is 6.38. The third-order valence-corrected chi connectivity index (χ3v) is 0.971. The molecule has 0 unspecified atom stereocenters. The SMILES string of the molecule is C=C.C=CC(C)C.CC.CCCC. The van der Waals surface area contributed by atoms with Crippen molar-refractivity contribution >= 4 is 0 Å². The monoisotopic (exact) mass is 186 g/mol. The summed E-state index contributed by atoms with van der Waals surface area (Å²) in [7, 11) is 0. The Morgan fingerprint density at radius 1 is 1.00 bits per heavy atom. The molecule has 0 heteroatoms. The van der Waals surface area contributed by atoms with Crippen LogP contribution in [0.15, 0.2) is 25.8 Å². The standard InChI is InChI=1S/C5H10.C4H10.C2H6.C2H4/c1-4-5(2)3;1-3-4-2;2*1-2/h4-5H,1H2,2-3H3;3-4H2,1-2H3;1-2H3;1-2H2. The van der Waals surface area contributed by atoms with E-state index in [9.17, 15) is 0 Å². The first-order valence-electron chi connectivity index (χ1n) is 5.31. The highest BCUT2D eigenvalue weighted by Gasteiger charge is 1.73. The zero-order valence-corrected chi connectivity index (χ0v) is 10.7. The maximum absolute atomic E-state index is 3.56. The molecule has 13 heavy (non-hydrogen) atoms. The summed E-state index contributed by atoms with van der Waals surface area (Å²) < 4.78 is 0. The second kappa shape index (κ2) is 42.0. The molecule has 0 aromatic rings. The summed E-state index contributed by atoms with van der Waals surface area (Å²) in [6.07, 6.45) is 4.56. The van der Waals surface area contributed by atoms with Crippen LogP contribution in [0.2, 0.25) is 0 Å². The molecule has 0 amide bonds. The fourth-order valence-corrected chi connectivity index (χ4v) is 0. The van der Waals surface area contributed by atoms with Crippen molar-refractivity contribution in [1.29, 1.82) is 0 Å². The average Bonchev–Trinajstić information content (AvgIpc) is 2.24. The summed E-state index contributed by atoms with van der Waals surface area (Å²) >= 11 is 0. The van der Waals surface area contributed by atoms with Gasteiger partial charge in [-0.2, -0.15) is 0 Å². The van der Waals surface area contributed by atoms with Gasteiger partial charge in [0.2, 0.25) is 0 Å². The van der Waals surface area contributed by atoms with Gasteiger partial charge in [0.15, 0.2) is 0 Å². The number of rotatable bonds is 2. The third-order valence-electron chi connectivity index (χ3n) is 0.971. The van der Waals surface area contributed by atoms with Crippen LogP contribution in [-0.4, -0.2) is 0 Å². The van der Waals surface area contributed by atoms with Gasteiger partial charge < -0.3 is 0 Å². The minimum atomic E-state index is 0.648. The third kappa shape index (κ3) is 168. The lowest BCUT2D eigenvalue weighted by Gasteiger charge is -1.84. The summed E-state index contributed by atoms with van der Waals surface area (Å²) in [5.41, 5.74) is 0. The van der Waals surface area contributed by atoms with Crippen LogP contribution in [0.25, 0.3) is 0 Å². The lowest BCUT2D eigenvalue weighted by molar-refractivity contribution is 0.835. The number of unbranched alkanes of at least 4 members (excludes halogenated alkanes) is 1. The van der Waals surface area contributed by atoms with Crippen LogP contribution in [0, 0.1) is 5.92 Å². The second-order valence-electron chi connectivity index (χ2n) is 2.48. The van der Waals surface area contributed by atoms with Crippen molar-refractivity contribution in [3.8, 4) is 0 Å². The van der Waals surface area contributed by atoms with Crippen molar-refractivity contribution in [3.63, 3.8) is 0 Å². The zero-order chi connectivity index (χ0) is 11.7. The Kier molecular flexibility index (Phi) is 73.9. The van der Waals surface area contributed by atoms with Gasteiger partial charge in [0.1, 0.15) is 0 Å². The van der Waals surface area contributed by atoms with Gasteiger partial charge in [-0.1, -0.05) is 60.5 Å². The van der Waals surface area contributed by atoms with Gasteiger partial charge in [-0.3, -0.25) is 0 Å². The Balaban J connectivity index is -0.0000000457. The second-order valence-corrected chi connectivity index (χ2v) is 2.48. The zero-order valence-electron chi connectivity index (χ0n) is 10.7. The summed E-state index contributed by atoms with van der Waals surface area (Å²) in [4.78, 5) is 0. The van der Waals surface area contributed by atoms with Crippen LogP contribution < -0.4 is 0 Å². The molecule has 0 N–H and O–H groups in total. The molecule has 0 aromatic heterocycles. The van der Waals surface area contributed by atoms with E-state index in [1.165, 1.54) is 12.8 Å². The Hall–Kier alpha value is -0.520. The van der Waals surface area contributed by atoms with Crippen LogP contribution in [0.5, 0.6) is 0 Å². The Bertz CT molecular complexity index is 51.1. The molecule has 0 saturated carbocycles. The van der Waals surface area contributed by atoms with Crippen molar-refractivity contribution in [1.82, 2.24) is 0 Å². The highest BCUT2D eigenvalue weighted by Crippen LogP contribution is 1.87. The molecular weight excluding hydrogens is 156 g/mol. The fraction of sp³-hybridized carbons (Fsp3) is 0.692. The first-order valence-corrected chi connectivity index (χ1v) is 5.31. The maximum atomic E-state index is 3.56. The van der Waals surface area contributed by atoms with Crippen molar-refractivity contribution in [2.24, 2.45) is 5.92 Å². The molecule has 0 nitrogen and oxygen atoms in total. The minimum Gasteiger partial charge on any atom is -0.106 e. The van der Waals surface area contributed by atoms with Crippen molar-refractivity contribution < 1.29 is 0 Å². The van der Waals surface area contributed by atoms with E-state index in [0.29, 0.717) is 5.92 Å². The number of hydrogen-bond donors (Lipinski definition) is 0. The van der Waals surface area contributed by atoms with Gasteiger partial charge in [0, 0.05) is 0 Å². The topological polar surface area (TPSA) is 0 Å². The van der Waals surface area contributed by atoms with Gasteiger partial charge in [-0.05, 0) is 5.92 Å². The predicted molar refractivity (Wildman–Crippen MR) is 68.2 cm³/mol. The lowest BCUT2D eigenvalue weighted by atomic mass is 10.2. The summed E-state index contributed by atoms with van der Waals surface area (Å²) in [5.74, 6) is 0.648. The lowest BCUT2D eigenvalue weighted by Crippen LogP contribution is -1.71. The van der Waals surface area contributed by atoms with Crippen LogP contribution in [0.4, 0.5) is 0 Å². The van der Waals surface area contributed by atoms with Crippen molar-refractivity contribution in [3.05, 3.63) is 25.8 Å². The van der Waals surface area contributed by atoms with E-state index in [1.807, 2.05) is 19.9 Å². The molecule has 0 rings (SSSR count). The fourth-order valence-electron chi connectivity index (χ4n) is 0. The smallest absolute Gasteiger partial charge is 0.0293 e. The molecule has 0 fully saturated rings. The molecular formula is C13H30. The Labute approximate surface area is 86.8 Å². The van der Waals surface area contributed by atoms with E-state index in [2.05, 4.69) is 47.4 Å². The van der Waals surface area contributed by atoms with E-state index >= 15 is 0 Å². The van der Waals surface area contributed by atoms with Gasteiger partial charge in [-0.15, -0.1) is 19.7 Å². The average molecular weight is 186 g/mol. The summed E-state index contributed by atoms with van der Waals surface area (Å²) in [6.45, 7) is 22.1. The van der Waals surface area contributed by atoms with Crippen LogP contribution in [-0.2, 0) is 0 Å². The molecule has 0 atom stereocenters. The van der Waals surface area contributed by atoms with E-state index in [1.54, 1.807) is 0 Å². The highest BCUT2D eigenvalue weighted by molar-refractivity contribution is 4.69. The molecule has 0 heterocycles. The van der Waals surface area contributed by atoms with Crippen LogP contribution >= 0.6 is 0 Å². The molecule has 82 valence electrons. The first-order chi connectivity index (χ1) is 6.18. The molecule has 0 bridgehead atoms. The Morgan fingerprint density at radius 2 is 1.15 bits per heavy atom. The van der Waals surface area contributed by atoms with E-state index < -0.39 is 0 Å². The quantitative estimate of drug-likeness (QED) is 0.502. The Morgan fingerprint density at radius 3 is 1.15 bits per heavy atom. The van der Waals surface area contributed by atoms with E-state index in [4.69, 9.17) is 0 Å². The molecule has 0 aliphatic carbocycles. The summed E-state index contributed by atoms with van der Waals surface area (Å²) in [6, 6.07) is 0. The molecule has 0 radical (unpaired) electrons. The van der Waals surface area contributed by atoms with Crippen LogP contribution in [0.1, 0.15) is 54.4 Å². The number of hydrogen-bond acceptors (Lipinski definition) is 0. The van der Waals surface area contributed by atoms with Crippen molar-refractivity contribution in [2.75, 3.05) is 0 Å². The predicted octanol–water partition coefficient (Wildman–Crippen LogP) is 5.46. The van der Waals surface area contributed by atoms with Gasteiger partial charge in [0.05, 0.1) is 0 Å². The summed E-state index contributed by atoms with van der Waals surface area (Å²) in [5, 5.41) is 0. The number of allylic oxidation sites excluding steroid dienone is 1. The minimum absolute atomic E-state index is 0.648. The van der Waals surface area contributed by atoms with Gasteiger partial charge >= 0.3 is 0 Å². The van der Waals surface area contributed by atoms with Crippen LogP contribution in [0.3, 0.4) is 0 Å². The molecule has 0 aliphatic heterocycles. The first kappa shape index (κ1) is 22.9. The molecule has 0 spiro atoms. The maximum Gasteiger partial charge on any atom is -0.0293 e. The molecule has 0 aliphatic rings. The van der Waals surface area contributed by atoms with Crippen molar-refractivity contribution in [2.45, 2.75) is 54.4 Å². The largest absolute Gasteiger partial charge is 0.106 e. The molecule has 0 aromatic carbocycles.